The van der Waals surface area contributed by atoms with Gasteiger partial charge >= 0.3 is 6.18 Å². The maximum absolute atomic E-state index is 12.6. The summed E-state index contributed by atoms with van der Waals surface area (Å²) in [6.07, 6.45) is -1.49. The molecule has 0 saturated carbocycles. The highest BCUT2D eigenvalue weighted by Gasteiger charge is 2.30. The van der Waals surface area contributed by atoms with Crippen molar-refractivity contribution in [2.45, 2.75) is 26.1 Å². The van der Waals surface area contributed by atoms with Crippen LogP contribution < -0.4 is 14.8 Å². The van der Waals surface area contributed by atoms with Gasteiger partial charge in [0, 0.05) is 13.2 Å². The van der Waals surface area contributed by atoms with Crippen LogP contribution in [0.4, 0.5) is 18.9 Å². The van der Waals surface area contributed by atoms with Crippen LogP contribution in [0.2, 0.25) is 0 Å². The van der Waals surface area contributed by atoms with E-state index in [0.29, 0.717) is 18.8 Å². The number of halogens is 3. The summed E-state index contributed by atoms with van der Waals surface area (Å²) >= 11 is 0. The number of nitrogens with zero attached hydrogens (tertiary/aromatic N) is 3. The van der Waals surface area contributed by atoms with E-state index in [4.69, 9.17) is 9.47 Å². The minimum Gasteiger partial charge on any atom is -0.493 e. The molecule has 3 aromatic rings. The number of aromatic nitrogens is 2. The number of rotatable bonds is 11. The van der Waals surface area contributed by atoms with Crippen LogP contribution in [0.5, 0.6) is 11.5 Å². The lowest BCUT2D eigenvalue weighted by Crippen LogP contribution is -2.33. The summed E-state index contributed by atoms with van der Waals surface area (Å²) in [6.45, 7) is 2.72. The number of carbonyl (C=O) groups is 2. The Morgan fingerprint density at radius 1 is 1.00 bits per heavy atom. The van der Waals surface area contributed by atoms with Crippen LogP contribution in [0.15, 0.2) is 60.9 Å². The molecule has 11 heteroatoms. The lowest BCUT2D eigenvalue weighted by molar-refractivity contribution is -0.137. The Morgan fingerprint density at radius 2 is 1.61 bits per heavy atom. The Hall–Kier alpha value is -4.02. The van der Waals surface area contributed by atoms with Crippen molar-refractivity contribution in [1.29, 1.82) is 0 Å². The highest BCUT2D eigenvalue weighted by Crippen LogP contribution is 2.30. The molecule has 1 heterocycles. The van der Waals surface area contributed by atoms with Gasteiger partial charge in [0.1, 0.15) is 24.7 Å². The first-order chi connectivity index (χ1) is 17.1. The van der Waals surface area contributed by atoms with Crippen molar-refractivity contribution < 1.29 is 32.2 Å². The summed E-state index contributed by atoms with van der Waals surface area (Å²) in [6, 6.07) is 11.9. The molecule has 36 heavy (non-hydrogen) atoms. The average molecular weight is 505 g/mol. The molecule has 2 aromatic carbocycles. The highest BCUT2D eigenvalue weighted by molar-refractivity contribution is 5.90. The van der Waals surface area contributed by atoms with E-state index in [1.54, 1.807) is 7.05 Å². The predicted molar refractivity (Wildman–Crippen MR) is 127 cm³/mol. The molecule has 0 spiro atoms. The number of ether oxygens (including phenoxy) is 2. The van der Waals surface area contributed by atoms with Gasteiger partial charge in [0.15, 0.2) is 0 Å². The Bertz CT molecular complexity index is 1150. The highest BCUT2D eigenvalue weighted by atomic mass is 19.4. The normalized spacial score (nSPS) is 11.1. The van der Waals surface area contributed by atoms with Crippen molar-refractivity contribution in [3.8, 4) is 11.5 Å². The molecule has 0 aliphatic carbocycles. The number of alkyl halides is 3. The fourth-order valence-corrected chi connectivity index (χ4v) is 3.06. The van der Waals surface area contributed by atoms with Gasteiger partial charge in [0.25, 0.3) is 0 Å². The molecule has 0 fully saturated rings. The third-order valence-electron chi connectivity index (χ3n) is 5.14. The fraction of sp³-hybridized carbons (Fsp3) is 0.320. The van der Waals surface area contributed by atoms with Crippen molar-refractivity contribution >= 4 is 17.5 Å². The van der Waals surface area contributed by atoms with Crippen molar-refractivity contribution in [3.63, 3.8) is 0 Å². The van der Waals surface area contributed by atoms with E-state index in [2.05, 4.69) is 10.4 Å². The molecule has 0 radical (unpaired) electrons. The first-order valence-electron chi connectivity index (χ1n) is 11.2. The van der Waals surface area contributed by atoms with Crippen molar-refractivity contribution in [3.05, 3.63) is 72.1 Å². The van der Waals surface area contributed by atoms with E-state index in [1.165, 1.54) is 34.1 Å². The quantitative estimate of drug-likeness (QED) is 0.424. The van der Waals surface area contributed by atoms with Gasteiger partial charge in [0.2, 0.25) is 11.8 Å². The SMILES string of the molecule is Cc1ccc(OCCN(C)C(=O)Cn2cc(NC(=O)CCOc3ccc(C(F)(F)F)cc3)cn2)cc1. The first kappa shape index (κ1) is 26.6. The predicted octanol–water partition coefficient (Wildman–Crippen LogP) is 4.16. The average Bonchev–Trinajstić information content (AvgIpc) is 3.26. The summed E-state index contributed by atoms with van der Waals surface area (Å²) in [5, 5.41) is 6.72. The zero-order chi connectivity index (χ0) is 26.1. The number of anilines is 1. The second-order valence-electron chi connectivity index (χ2n) is 8.07. The number of amides is 2. The van der Waals surface area contributed by atoms with Crippen LogP contribution in [0, 0.1) is 6.92 Å². The minimum atomic E-state index is -4.42. The van der Waals surface area contributed by atoms with Gasteiger partial charge in [0.05, 0.1) is 37.0 Å². The summed E-state index contributed by atoms with van der Waals surface area (Å²) in [4.78, 5) is 26.1. The summed E-state index contributed by atoms with van der Waals surface area (Å²) in [7, 11) is 1.67. The maximum atomic E-state index is 12.6. The first-order valence-corrected chi connectivity index (χ1v) is 11.2. The number of benzene rings is 2. The smallest absolute Gasteiger partial charge is 0.416 e. The van der Waals surface area contributed by atoms with E-state index < -0.39 is 11.7 Å². The number of hydrogen-bond acceptors (Lipinski definition) is 5. The molecule has 2 amide bonds. The zero-order valence-corrected chi connectivity index (χ0v) is 19.9. The molecule has 8 nitrogen and oxygen atoms in total. The van der Waals surface area contributed by atoms with Crippen LogP contribution in [-0.4, -0.2) is 53.3 Å². The maximum Gasteiger partial charge on any atom is 0.416 e. The standard InChI is InChI=1S/C25H27F3N4O4/c1-18-3-7-21(8-4-18)36-14-12-31(2)24(34)17-32-16-20(15-29-32)30-23(33)11-13-35-22-9-5-19(6-10-22)25(26,27)28/h3-10,15-16H,11-14,17H2,1-2H3,(H,30,33). The van der Waals surface area contributed by atoms with E-state index >= 15 is 0 Å². The van der Waals surface area contributed by atoms with Gasteiger partial charge in [-0.1, -0.05) is 17.7 Å². The van der Waals surface area contributed by atoms with Gasteiger partial charge in [-0.05, 0) is 43.3 Å². The van der Waals surface area contributed by atoms with Crippen molar-refractivity contribution in [2.75, 3.05) is 32.1 Å². The second kappa shape index (κ2) is 12.1. The van der Waals surface area contributed by atoms with Crippen molar-refractivity contribution in [2.24, 2.45) is 0 Å². The van der Waals surface area contributed by atoms with Crippen LogP contribution >= 0.6 is 0 Å². The molecule has 1 aromatic heterocycles. The Labute approximate surface area is 206 Å². The van der Waals surface area contributed by atoms with E-state index in [9.17, 15) is 22.8 Å². The lowest BCUT2D eigenvalue weighted by Gasteiger charge is -2.17. The fourth-order valence-electron chi connectivity index (χ4n) is 3.06. The molecule has 1 N–H and O–H groups in total. The van der Waals surface area contributed by atoms with Gasteiger partial charge in [-0.15, -0.1) is 0 Å². The van der Waals surface area contributed by atoms with Crippen LogP contribution in [0.25, 0.3) is 0 Å². The summed E-state index contributed by atoms with van der Waals surface area (Å²) in [5.74, 6) is 0.431. The lowest BCUT2D eigenvalue weighted by atomic mass is 10.2. The van der Waals surface area contributed by atoms with Gasteiger partial charge in [-0.3, -0.25) is 14.3 Å². The largest absolute Gasteiger partial charge is 0.493 e. The van der Waals surface area contributed by atoms with Crippen LogP contribution in [0.1, 0.15) is 17.5 Å². The molecule has 3 rings (SSSR count). The van der Waals surface area contributed by atoms with Crippen molar-refractivity contribution in [1.82, 2.24) is 14.7 Å². The number of likely N-dealkylation sites (N-methyl/N-ethyl adjacent to an activating group) is 1. The van der Waals surface area contributed by atoms with Gasteiger partial charge < -0.3 is 19.7 Å². The molecule has 0 saturated heterocycles. The topological polar surface area (TPSA) is 85.7 Å². The minimum absolute atomic E-state index is 0.00602. The molecule has 0 aliphatic rings. The molecule has 0 aliphatic heterocycles. The molecule has 0 atom stereocenters. The van der Waals surface area contributed by atoms with Crippen LogP contribution in [0.3, 0.4) is 0 Å². The molecule has 192 valence electrons. The van der Waals surface area contributed by atoms with E-state index in [-0.39, 0.29) is 37.1 Å². The Morgan fingerprint density at radius 3 is 2.25 bits per heavy atom. The number of nitrogens with one attached hydrogen (secondary N) is 1. The Balaban J connectivity index is 1.36. The van der Waals surface area contributed by atoms with Crippen LogP contribution in [-0.2, 0) is 22.3 Å². The van der Waals surface area contributed by atoms with E-state index in [0.717, 1.165) is 23.4 Å². The number of carbonyl (C=O) groups excluding carboxylic acids is 2. The summed E-state index contributed by atoms with van der Waals surface area (Å²) in [5.41, 5.74) is 0.772. The number of aryl methyl sites for hydroxylation is 1. The third-order valence-corrected chi connectivity index (χ3v) is 5.14. The molecule has 0 bridgehead atoms. The Kier molecular flexibility index (Phi) is 8.93. The molecular formula is C25H27F3N4O4. The third kappa shape index (κ3) is 8.33. The number of hydrogen-bond donors (Lipinski definition) is 1. The molecule has 0 unspecified atom stereocenters. The van der Waals surface area contributed by atoms with Gasteiger partial charge in [-0.25, -0.2) is 0 Å². The van der Waals surface area contributed by atoms with E-state index in [1.807, 2.05) is 31.2 Å². The van der Waals surface area contributed by atoms with Gasteiger partial charge in [-0.2, -0.15) is 18.3 Å². The second-order valence-corrected chi connectivity index (χ2v) is 8.07. The monoisotopic (exact) mass is 504 g/mol. The molecular weight excluding hydrogens is 477 g/mol. The zero-order valence-electron chi connectivity index (χ0n) is 19.9. The summed E-state index contributed by atoms with van der Waals surface area (Å²) < 4.78 is 50.1.